The summed E-state index contributed by atoms with van der Waals surface area (Å²) >= 11 is 0. The molecule has 0 aromatic heterocycles. The molecule has 0 aliphatic heterocycles. The van der Waals surface area contributed by atoms with E-state index in [0.717, 1.165) is 11.1 Å². The highest BCUT2D eigenvalue weighted by Gasteiger charge is 2.20. The van der Waals surface area contributed by atoms with E-state index in [0.29, 0.717) is 6.54 Å². The van der Waals surface area contributed by atoms with Gasteiger partial charge in [0.05, 0.1) is 5.92 Å². The number of urea groups is 1. The monoisotopic (exact) mass is 278 g/mol. The molecule has 0 radical (unpaired) electrons. The van der Waals surface area contributed by atoms with Crippen LogP contribution in [-0.2, 0) is 11.3 Å². The molecule has 0 bridgehead atoms. The fourth-order valence-electron chi connectivity index (χ4n) is 1.97. The average Bonchev–Trinajstić information content (AvgIpc) is 2.40. The summed E-state index contributed by atoms with van der Waals surface area (Å²) in [5.74, 6) is -1.47. The fourth-order valence-corrected chi connectivity index (χ4v) is 1.97. The van der Waals surface area contributed by atoms with Gasteiger partial charge >= 0.3 is 12.0 Å². The number of hydrogen-bond acceptors (Lipinski definition) is 2. The third kappa shape index (κ3) is 4.26. The minimum atomic E-state index is -0.897. The molecule has 1 rings (SSSR count). The number of hydrogen-bond donors (Lipinski definition) is 1. The Labute approximate surface area is 119 Å². The Balaban J connectivity index is 2.63. The second kappa shape index (κ2) is 6.93. The van der Waals surface area contributed by atoms with Gasteiger partial charge in [0.2, 0.25) is 0 Å². The molecule has 0 fully saturated rings. The van der Waals surface area contributed by atoms with Crippen LogP contribution in [-0.4, -0.2) is 47.5 Å². The maximum atomic E-state index is 12.2. The van der Waals surface area contributed by atoms with E-state index in [-0.39, 0.29) is 12.6 Å². The molecule has 2 amide bonds. The molecule has 0 spiro atoms. The lowest BCUT2D eigenvalue weighted by Crippen LogP contribution is -2.41. The first-order chi connectivity index (χ1) is 9.32. The fraction of sp³-hybridized carbons (Fsp3) is 0.467. The van der Waals surface area contributed by atoms with Crippen LogP contribution in [0.1, 0.15) is 18.1 Å². The van der Waals surface area contributed by atoms with Crippen molar-refractivity contribution in [3.8, 4) is 0 Å². The highest BCUT2D eigenvalue weighted by atomic mass is 16.4. The number of carbonyl (C=O) groups excluding carboxylic acids is 1. The Morgan fingerprint density at radius 1 is 1.20 bits per heavy atom. The van der Waals surface area contributed by atoms with Crippen LogP contribution >= 0.6 is 0 Å². The van der Waals surface area contributed by atoms with Crippen LogP contribution in [0.5, 0.6) is 0 Å². The molecule has 0 aliphatic rings. The normalized spacial score (nSPS) is 11.8. The van der Waals surface area contributed by atoms with Crippen LogP contribution in [0.3, 0.4) is 0 Å². The van der Waals surface area contributed by atoms with Crippen molar-refractivity contribution >= 4 is 12.0 Å². The van der Waals surface area contributed by atoms with E-state index in [1.165, 1.54) is 4.90 Å². The zero-order chi connectivity index (χ0) is 15.3. The van der Waals surface area contributed by atoms with Gasteiger partial charge in [0.25, 0.3) is 0 Å². The second-order valence-corrected chi connectivity index (χ2v) is 5.18. The molecule has 0 aliphatic carbocycles. The van der Waals surface area contributed by atoms with Gasteiger partial charge < -0.3 is 14.9 Å². The quantitative estimate of drug-likeness (QED) is 0.898. The summed E-state index contributed by atoms with van der Waals surface area (Å²) in [5, 5.41) is 8.87. The van der Waals surface area contributed by atoms with Gasteiger partial charge in [-0.1, -0.05) is 31.2 Å². The summed E-state index contributed by atoms with van der Waals surface area (Å²) in [6.45, 7) is 4.31. The number of aliphatic carboxylic acids is 1. The number of carbonyl (C=O) groups is 2. The zero-order valence-corrected chi connectivity index (χ0v) is 12.5. The van der Waals surface area contributed by atoms with Gasteiger partial charge in [-0.15, -0.1) is 0 Å². The Kier molecular flexibility index (Phi) is 5.55. The van der Waals surface area contributed by atoms with Crippen molar-refractivity contribution in [2.24, 2.45) is 5.92 Å². The SMILES string of the molecule is Cc1ccccc1CN(C)C(=O)N(C)CC(C)C(=O)O. The Hall–Kier alpha value is -2.04. The van der Waals surface area contributed by atoms with Crippen molar-refractivity contribution in [2.45, 2.75) is 20.4 Å². The first-order valence-electron chi connectivity index (χ1n) is 6.56. The Morgan fingerprint density at radius 3 is 2.35 bits per heavy atom. The van der Waals surface area contributed by atoms with Gasteiger partial charge in [0.1, 0.15) is 0 Å². The summed E-state index contributed by atoms with van der Waals surface area (Å²) in [6, 6.07) is 7.71. The second-order valence-electron chi connectivity index (χ2n) is 5.18. The Morgan fingerprint density at radius 2 is 1.80 bits per heavy atom. The number of nitrogens with zero attached hydrogens (tertiary/aromatic N) is 2. The highest BCUT2D eigenvalue weighted by molar-refractivity contribution is 5.75. The minimum Gasteiger partial charge on any atom is -0.481 e. The molecule has 5 heteroatoms. The Bertz CT molecular complexity index is 488. The number of aryl methyl sites for hydroxylation is 1. The maximum absolute atomic E-state index is 12.2. The summed E-state index contributed by atoms with van der Waals surface area (Å²) in [6.07, 6.45) is 0. The van der Waals surface area contributed by atoms with Crippen molar-refractivity contribution in [2.75, 3.05) is 20.6 Å². The lowest BCUT2D eigenvalue weighted by Gasteiger charge is -2.26. The van der Waals surface area contributed by atoms with E-state index < -0.39 is 11.9 Å². The maximum Gasteiger partial charge on any atom is 0.319 e. The average molecular weight is 278 g/mol. The molecule has 1 unspecified atom stereocenters. The van der Waals surface area contributed by atoms with Crippen LogP contribution in [0, 0.1) is 12.8 Å². The van der Waals surface area contributed by atoms with Crippen molar-refractivity contribution < 1.29 is 14.7 Å². The first-order valence-corrected chi connectivity index (χ1v) is 6.56. The standard InChI is InChI=1S/C15H22N2O3/c1-11-7-5-6-8-13(11)10-17(4)15(20)16(3)9-12(2)14(18)19/h5-8,12H,9-10H2,1-4H3,(H,18,19). The molecule has 5 nitrogen and oxygen atoms in total. The third-order valence-electron chi connectivity index (χ3n) is 3.29. The van der Waals surface area contributed by atoms with Gasteiger partial charge in [0, 0.05) is 27.2 Å². The van der Waals surface area contributed by atoms with E-state index in [2.05, 4.69) is 0 Å². The molecular formula is C15H22N2O3. The van der Waals surface area contributed by atoms with Crippen molar-refractivity contribution in [1.29, 1.82) is 0 Å². The molecule has 0 heterocycles. The lowest BCUT2D eigenvalue weighted by molar-refractivity contribution is -0.141. The first kappa shape index (κ1) is 16.0. The molecule has 1 aromatic carbocycles. The van der Waals surface area contributed by atoms with Crippen LogP contribution in [0.25, 0.3) is 0 Å². The number of carboxylic acids is 1. The van der Waals surface area contributed by atoms with Crippen molar-refractivity contribution in [1.82, 2.24) is 9.80 Å². The molecule has 20 heavy (non-hydrogen) atoms. The van der Waals surface area contributed by atoms with Gasteiger partial charge in [-0.25, -0.2) is 4.79 Å². The van der Waals surface area contributed by atoms with Crippen LogP contribution in [0.15, 0.2) is 24.3 Å². The van der Waals surface area contributed by atoms with Crippen molar-refractivity contribution in [3.63, 3.8) is 0 Å². The molecule has 1 atom stereocenters. The smallest absolute Gasteiger partial charge is 0.319 e. The summed E-state index contributed by atoms with van der Waals surface area (Å²) in [5.41, 5.74) is 2.22. The van der Waals surface area contributed by atoms with Gasteiger partial charge in [-0.05, 0) is 18.1 Å². The van der Waals surface area contributed by atoms with Gasteiger partial charge in [-0.3, -0.25) is 4.79 Å². The van der Waals surface area contributed by atoms with Crippen LogP contribution < -0.4 is 0 Å². The molecule has 1 N–H and O–H groups in total. The largest absolute Gasteiger partial charge is 0.481 e. The summed E-state index contributed by atoms with van der Waals surface area (Å²) in [4.78, 5) is 26.0. The summed E-state index contributed by atoms with van der Waals surface area (Å²) in [7, 11) is 3.34. The lowest BCUT2D eigenvalue weighted by atomic mass is 10.1. The molecule has 1 aromatic rings. The van der Waals surface area contributed by atoms with Crippen molar-refractivity contribution in [3.05, 3.63) is 35.4 Å². The topological polar surface area (TPSA) is 60.9 Å². The molecule has 0 saturated heterocycles. The number of rotatable bonds is 5. The predicted molar refractivity (Wildman–Crippen MR) is 77.5 cm³/mol. The predicted octanol–water partition coefficient (Wildman–Crippen LogP) is 2.20. The van der Waals surface area contributed by atoms with E-state index in [9.17, 15) is 9.59 Å². The number of carboxylic acid groups (broad SMARTS) is 1. The van der Waals surface area contributed by atoms with E-state index >= 15 is 0 Å². The van der Waals surface area contributed by atoms with E-state index in [1.54, 1.807) is 25.9 Å². The van der Waals surface area contributed by atoms with Gasteiger partial charge in [-0.2, -0.15) is 0 Å². The highest BCUT2D eigenvalue weighted by Crippen LogP contribution is 2.11. The molecular weight excluding hydrogens is 256 g/mol. The third-order valence-corrected chi connectivity index (χ3v) is 3.29. The molecule has 110 valence electrons. The van der Waals surface area contributed by atoms with Crippen LogP contribution in [0.2, 0.25) is 0 Å². The number of amides is 2. The summed E-state index contributed by atoms with van der Waals surface area (Å²) < 4.78 is 0. The van der Waals surface area contributed by atoms with Gasteiger partial charge in [0.15, 0.2) is 0 Å². The van der Waals surface area contributed by atoms with E-state index in [4.69, 9.17) is 5.11 Å². The van der Waals surface area contributed by atoms with Crippen LogP contribution in [0.4, 0.5) is 4.79 Å². The minimum absolute atomic E-state index is 0.179. The number of benzene rings is 1. The zero-order valence-electron chi connectivity index (χ0n) is 12.5. The molecule has 0 saturated carbocycles. The van der Waals surface area contributed by atoms with E-state index in [1.807, 2.05) is 31.2 Å².